The Morgan fingerprint density at radius 1 is 1.00 bits per heavy atom. The minimum absolute atomic E-state index is 0.0353. The van der Waals surface area contributed by atoms with Crippen LogP contribution in [0, 0.1) is 6.92 Å². The summed E-state index contributed by atoms with van der Waals surface area (Å²) in [6.07, 6.45) is 0. The highest BCUT2D eigenvalue weighted by molar-refractivity contribution is 6.05. The Kier molecular flexibility index (Phi) is 5.49. The maximum absolute atomic E-state index is 13.5. The van der Waals surface area contributed by atoms with E-state index in [0.29, 0.717) is 17.2 Å². The van der Waals surface area contributed by atoms with Gasteiger partial charge in [-0.05, 0) is 44.5 Å². The Bertz CT molecular complexity index is 1580. The highest BCUT2D eigenvalue weighted by atomic mass is 16.3. The summed E-state index contributed by atoms with van der Waals surface area (Å²) in [7, 11) is 0. The largest absolute Gasteiger partial charge is 0.456 e. The lowest BCUT2D eigenvalue weighted by Crippen LogP contribution is -2.30. The molecule has 170 valence electrons. The average Bonchev–Trinajstić information content (AvgIpc) is 3.21. The Morgan fingerprint density at radius 3 is 2.47 bits per heavy atom. The molecule has 1 N–H and O–H groups in total. The molecule has 1 atom stereocenters. The van der Waals surface area contributed by atoms with Crippen molar-refractivity contribution in [3.8, 4) is 11.4 Å². The van der Waals surface area contributed by atoms with Crippen molar-refractivity contribution >= 4 is 33.4 Å². The monoisotopic (exact) mass is 451 g/mol. The zero-order chi connectivity index (χ0) is 23.8. The maximum atomic E-state index is 13.5. The van der Waals surface area contributed by atoms with Crippen LogP contribution in [0.15, 0.2) is 82.0 Å². The molecule has 0 aliphatic heterocycles. The van der Waals surface area contributed by atoms with E-state index in [2.05, 4.69) is 11.4 Å². The van der Waals surface area contributed by atoms with Gasteiger partial charge in [0.1, 0.15) is 28.5 Å². The summed E-state index contributed by atoms with van der Waals surface area (Å²) in [5.74, 6) is 0.379. The van der Waals surface area contributed by atoms with Gasteiger partial charge < -0.3 is 9.73 Å². The Hall–Kier alpha value is -4.19. The van der Waals surface area contributed by atoms with E-state index < -0.39 is 0 Å². The molecule has 5 rings (SSSR count). The second-order valence-corrected chi connectivity index (χ2v) is 8.58. The zero-order valence-electron chi connectivity index (χ0n) is 19.3. The molecule has 0 radical (unpaired) electrons. The molecule has 0 aliphatic rings. The first-order valence-corrected chi connectivity index (χ1v) is 11.3. The van der Waals surface area contributed by atoms with Crippen LogP contribution >= 0.6 is 0 Å². The van der Waals surface area contributed by atoms with Gasteiger partial charge in [0.15, 0.2) is 0 Å². The van der Waals surface area contributed by atoms with E-state index in [-0.39, 0.29) is 23.9 Å². The van der Waals surface area contributed by atoms with E-state index in [1.165, 1.54) is 11.5 Å². The molecule has 6 nitrogen and oxygen atoms in total. The number of para-hydroxylation sites is 1. The number of aryl methyl sites for hydroxylation is 1. The van der Waals surface area contributed by atoms with E-state index in [4.69, 9.17) is 9.40 Å². The number of hydrogen-bond donors (Lipinski definition) is 1. The quantitative estimate of drug-likeness (QED) is 0.349. The lowest BCUT2D eigenvalue weighted by molar-refractivity contribution is -0.117. The number of anilines is 1. The molecule has 6 heteroatoms. The summed E-state index contributed by atoms with van der Waals surface area (Å²) in [5, 5.41) is 5.44. The molecule has 0 amide bonds. The van der Waals surface area contributed by atoms with Crippen LogP contribution < -0.4 is 10.9 Å². The van der Waals surface area contributed by atoms with Crippen LogP contribution in [0.25, 0.3) is 33.3 Å². The van der Waals surface area contributed by atoms with Crippen LogP contribution in [0.2, 0.25) is 0 Å². The molecule has 0 saturated heterocycles. The van der Waals surface area contributed by atoms with Crippen molar-refractivity contribution in [2.75, 3.05) is 5.32 Å². The van der Waals surface area contributed by atoms with E-state index in [0.717, 1.165) is 33.1 Å². The molecule has 0 fully saturated rings. The summed E-state index contributed by atoms with van der Waals surface area (Å²) in [6, 6.07) is 23.3. The molecular weight excluding hydrogens is 426 g/mol. The minimum atomic E-state index is -0.261. The predicted molar refractivity (Wildman–Crippen MR) is 135 cm³/mol. The number of aromatic nitrogens is 2. The fourth-order valence-corrected chi connectivity index (χ4v) is 4.32. The standard InChI is InChI=1S/C28H25N3O3/c1-17(32)16-31-27(20-9-5-4-6-10-20)30-19(3)26(28(31)33)29-18(2)21-13-14-25-23(15-21)22-11-7-8-12-24(22)34-25/h4-15,18,29H,16H2,1-3H3. The maximum Gasteiger partial charge on any atom is 0.277 e. The SMILES string of the molecule is CC(=O)Cn1c(-c2ccccc2)nc(C)c(NC(C)c2ccc3oc4ccccc4c3c2)c1=O. The first kappa shape index (κ1) is 21.6. The lowest BCUT2D eigenvalue weighted by Gasteiger charge is -2.20. The predicted octanol–water partition coefficient (Wildman–Crippen LogP) is 5.88. The van der Waals surface area contributed by atoms with Crippen molar-refractivity contribution < 1.29 is 9.21 Å². The molecule has 3 aromatic carbocycles. The molecule has 0 spiro atoms. The third kappa shape index (κ3) is 3.88. The van der Waals surface area contributed by atoms with Gasteiger partial charge >= 0.3 is 0 Å². The number of rotatable bonds is 6. The molecule has 2 heterocycles. The van der Waals surface area contributed by atoms with Gasteiger partial charge in [-0.2, -0.15) is 0 Å². The Labute approximate surface area is 196 Å². The van der Waals surface area contributed by atoms with Crippen molar-refractivity contribution in [3.05, 3.63) is 94.4 Å². The van der Waals surface area contributed by atoms with Gasteiger partial charge in [0.05, 0.1) is 12.2 Å². The summed E-state index contributed by atoms with van der Waals surface area (Å²) >= 11 is 0. The van der Waals surface area contributed by atoms with Crippen LogP contribution in [0.4, 0.5) is 5.69 Å². The average molecular weight is 452 g/mol. The minimum Gasteiger partial charge on any atom is -0.456 e. The van der Waals surface area contributed by atoms with E-state index in [9.17, 15) is 9.59 Å². The fraction of sp³-hybridized carbons (Fsp3) is 0.179. The number of carbonyl (C=O) groups is 1. The van der Waals surface area contributed by atoms with Gasteiger partial charge in [-0.3, -0.25) is 14.2 Å². The Balaban J connectivity index is 1.55. The number of hydrogen-bond acceptors (Lipinski definition) is 5. The van der Waals surface area contributed by atoms with Gasteiger partial charge in [0, 0.05) is 22.4 Å². The fourth-order valence-electron chi connectivity index (χ4n) is 4.32. The molecule has 0 aliphatic carbocycles. The number of ketones is 1. The van der Waals surface area contributed by atoms with Gasteiger partial charge in [-0.15, -0.1) is 0 Å². The number of nitrogens with zero attached hydrogens (tertiary/aromatic N) is 2. The van der Waals surface area contributed by atoms with Crippen molar-refractivity contribution in [3.63, 3.8) is 0 Å². The highest BCUT2D eigenvalue weighted by Gasteiger charge is 2.19. The van der Waals surface area contributed by atoms with Gasteiger partial charge in [0.2, 0.25) is 0 Å². The van der Waals surface area contributed by atoms with Crippen LogP contribution in [0.3, 0.4) is 0 Å². The van der Waals surface area contributed by atoms with Crippen LogP contribution in [0.1, 0.15) is 31.1 Å². The zero-order valence-corrected chi connectivity index (χ0v) is 19.3. The van der Waals surface area contributed by atoms with Crippen molar-refractivity contribution in [1.82, 2.24) is 9.55 Å². The van der Waals surface area contributed by atoms with E-state index >= 15 is 0 Å². The molecule has 5 aromatic rings. The van der Waals surface area contributed by atoms with Crippen LogP contribution in [-0.2, 0) is 11.3 Å². The second kappa shape index (κ2) is 8.63. The normalized spacial score (nSPS) is 12.2. The number of carbonyl (C=O) groups excluding carboxylic acids is 1. The lowest BCUT2D eigenvalue weighted by atomic mass is 10.0. The van der Waals surface area contributed by atoms with Crippen molar-refractivity contribution in [2.24, 2.45) is 0 Å². The van der Waals surface area contributed by atoms with Crippen LogP contribution in [-0.4, -0.2) is 15.3 Å². The number of nitrogens with one attached hydrogen (secondary N) is 1. The summed E-state index contributed by atoms with van der Waals surface area (Å²) in [5.41, 5.74) is 4.20. The molecular formula is C28H25N3O3. The van der Waals surface area contributed by atoms with Crippen LogP contribution in [0.5, 0.6) is 0 Å². The van der Waals surface area contributed by atoms with Gasteiger partial charge in [0.25, 0.3) is 5.56 Å². The van der Waals surface area contributed by atoms with Crippen molar-refractivity contribution in [1.29, 1.82) is 0 Å². The second-order valence-electron chi connectivity index (χ2n) is 8.58. The van der Waals surface area contributed by atoms with Crippen molar-refractivity contribution in [2.45, 2.75) is 33.4 Å². The summed E-state index contributed by atoms with van der Waals surface area (Å²) in [6.45, 7) is 5.25. The number of fused-ring (bicyclic) bond motifs is 3. The molecule has 2 aromatic heterocycles. The molecule has 0 saturated carbocycles. The molecule has 34 heavy (non-hydrogen) atoms. The smallest absolute Gasteiger partial charge is 0.277 e. The number of benzene rings is 3. The first-order chi connectivity index (χ1) is 16.4. The van der Waals surface area contributed by atoms with E-state index in [1.807, 2.05) is 80.6 Å². The van der Waals surface area contributed by atoms with Gasteiger partial charge in [-0.25, -0.2) is 4.98 Å². The Morgan fingerprint density at radius 2 is 1.71 bits per heavy atom. The van der Waals surface area contributed by atoms with E-state index in [1.54, 1.807) is 0 Å². The third-order valence-electron chi connectivity index (χ3n) is 6.02. The molecule has 0 bridgehead atoms. The topological polar surface area (TPSA) is 77.1 Å². The van der Waals surface area contributed by atoms with Gasteiger partial charge in [-0.1, -0.05) is 54.6 Å². The molecule has 1 unspecified atom stereocenters. The number of furan rings is 1. The third-order valence-corrected chi connectivity index (χ3v) is 6.02. The number of Topliss-reactive ketones (excluding diaryl/α,β-unsaturated/α-hetero) is 1. The highest BCUT2D eigenvalue weighted by Crippen LogP contribution is 2.31. The summed E-state index contributed by atoms with van der Waals surface area (Å²) < 4.78 is 7.39. The first-order valence-electron chi connectivity index (χ1n) is 11.3. The summed E-state index contributed by atoms with van der Waals surface area (Å²) in [4.78, 5) is 30.2.